The molecule has 0 spiro atoms. The number of hydrogen-bond donors (Lipinski definition) is 2. The molecule has 0 aliphatic carbocycles. The monoisotopic (exact) mass is 434 g/mol. The van der Waals surface area contributed by atoms with Gasteiger partial charge in [-0.3, -0.25) is 4.79 Å². The summed E-state index contributed by atoms with van der Waals surface area (Å²) < 4.78 is 26.5. The molecule has 0 saturated heterocycles. The molecule has 0 bridgehead atoms. The van der Waals surface area contributed by atoms with Crippen molar-refractivity contribution in [1.82, 2.24) is 10.0 Å². The van der Waals surface area contributed by atoms with E-state index >= 15 is 0 Å². The van der Waals surface area contributed by atoms with E-state index in [0.29, 0.717) is 13.0 Å². The molecule has 0 heterocycles. The van der Waals surface area contributed by atoms with E-state index in [2.05, 4.69) is 10.0 Å². The number of rotatable bonds is 9. The smallest absolute Gasteiger partial charge is 0.244 e. The van der Waals surface area contributed by atoms with Gasteiger partial charge < -0.3 is 5.32 Å². The predicted molar refractivity (Wildman–Crippen MR) is 124 cm³/mol. The Morgan fingerprint density at radius 2 is 1.52 bits per heavy atom. The molecule has 3 aromatic carbocycles. The molecule has 160 valence electrons. The zero-order valence-corrected chi connectivity index (χ0v) is 18.2. The first-order valence-corrected chi connectivity index (χ1v) is 11.6. The number of nitrogens with one attached hydrogen (secondary N) is 2. The van der Waals surface area contributed by atoms with Crippen molar-refractivity contribution >= 4 is 22.0 Å². The number of carbonyl (C=O) groups is 1. The van der Waals surface area contributed by atoms with Gasteiger partial charge in [-0.2, -0.15) is 0 Å². The molecule has 0 saturated carbocycles. The maximum absolute atomic E-state index is 12.6. The average molecular weight is 435 g/mol. The van der Waals surface area contributed by atoms with E-state index in [1.54, 1.807) is 25.1 Å². The molecular formula is C25H26N2O3S. The summed E-state index contributed by atoms with van der Waals surface area (Å²) in [6, 6.07) is 26.1. The van der Waals surface area contributed by atoms with Gasteiger partial charge in [0.15, 0.2) is 0 Å². The molecule has 1 atom stereocenters. The van der Waals surface area contributed by atoms with Crippen molar-refractivity contribution in [2.24, 2.45) is 0 Å². The number of amides is 1. The van der Waals surface area contributed by atoms with Crippen molar-refractivity contribution in [2.75, 3.05) is 6.54 Å². The lowest BCUT2D eigenvalue weighted by Gasteiger charge is -2.18. The third-order valence-corrected chi connectivity index (χ3v) is 6.31. The van der Waals surface area contributed by atoms with Gasteiger partial charge in [0.05, 0.1) is 10.9 Å². The second kappa shape index (κ2) is 10.7. The fourth-order valence-corrected chi connectivity index (χ4v) is 4.25. The van der Waals surface area contributed by atoms with Crippen LogP contribution in [0.25, 0.3) is 6.08 Å². The van der Waals surface area contributed by atoms with Crippen molar-refractivity contribution < 1.29 is 13.2 Å². The zero-order valence-electron chi connectivity index (χ0n) is 17.4. The molecule has 0 radical (unpaired) electrons. The van der Waals surface area contributed by atoms with E-state index in [4.69, 9.17) is 0 Å². The second-order valence-electron chi connectivity index (χ2n) is 7.07. The molecule has 3 aromatic rings. The predicted octanol–water partition coefficient (Wildman–Crippen LogP) is 4.10. The van der Waals surface area contributed by atoms with Crippen LogP contribution in [0.2, 0.25) is 0 Å². The van der Waals surface area contributed by atoms with Crippen LogP contribution in [0.5, 0.6) is 0 Å². The largest absolute Gasteiger partial charge is 0.345 e. The van der Waals surface area contributed by atoms with Gasteiger partial charge in [0.25, 0.3) is 0 Å². The van der Waals surface area contributed by atoms with Crippen LogP contribution in [0.1, 0.15) is 29.7 Å². The maximum Gasteiger partial charge on any atom is 0.244 e. The standard InChI is InChI=1S/C25H26N2O3S/c1-2-26-31(29,30)23-16-13-20(14-17-23)15-18-25(28)27-24(22-11-7-4-8-12-22)19-21-9-5-3-6-10-21/h3-18,24,26H,2,19H2,1H3,(H,27,28)/b18-15+. The molecule has 5 nitrogen and oxygen atoms in total. The van der Waals surface area contributed by atoms with Crippen LogP contribution in [0, 0.1) is 0 Å². The van der Waals surface area contributed by atoms with E-state index < -0.39 is 10.0 Å². The van der Waals surface area contributed by atoms with Gasteiger partial charge in [0.1, 0.15) is 0 Å². The van der Waals surface area contributed by atoms with E-state index in [0.717, 1.165) is 16.7 Å². The van der Waals surface area contributed by atoms with Crippen molar-refractivity contribution in [1.29, 1.82) is 0 Å². The summed E-state index contributed by atoms with van der Waals surface area (Å²) in [7, 11) is -3.49. The van der Waals surface area contributed by atoms with Gasteiger partial charge in [0.2, 0.25) is 15.9 Å². The Morgan fingerprint density at radius 3 is 2.13 bits per heavy atom. The Labute approximate surface area is 183 Å². The molecule has 0 aromatic heterocycles. The lowest BCUT2D eigenvalue weighted by atomic mass is 9.99. The van der Waals surface area contributed by atoms with Crippen LogP contribution >= 0.6 is 0 Å². The minimum absolute atomic E-state index is 0.159. The number of sulfonamides is 1. The molecule has 0 fully saturated rings. The summed E-state index contributed by atoms with van der Waals surface area (Å²) in [4.78, 5) is 12.8. The molecular weight excluding hydrogens is 408 g/mol. The SMILES string of the molecule is CCNS(=O)(=O)c1ccc(/C=C/C(=O)NC(Cc2ccccc2)c2ccccc2)cc1. The topological polar surface area (TPSA) is 75.3 Å². The molecule has 1 unspecified atom stereocenters. The van der Waals surface area contributed by atoms with Crippen LogP contribution < -0.4 is 10.0 Å². The summed E-state index contributed by atoms with van der Waals surface area (Å²) >= 11 is 0. The lowest BCUT2D eigenvalue weighted by Crippen LogP contribution is -2.28. The van der Waals surface area contributed by atoms with Crippen LogP contribution in [0.3, 0.4) is 0 Å². The summed E-state index contributed by atoms with van der Waals surface area (Å²) in [5.74, 6) is -0.214. The fraction of sp³-hybridized carbons (Fsp3) is 0.160. The molecule has 1 amide bonds. The highest BCUT2D eigenvalue weighted by Gasteiger charge is 2.14. The van der Waals surface area contributed by atoms with Gasteiger partial charge in [0, 0.05) is 12.6 Å². The third kappa shape index (κ3) is 6.64. The van der Waals surface area contributed by atoms with Gasteiger partial charge in [-0.25, -0.2) is 13.1 Å². The highest BCUT2D eigenvalue weighted by Crippen LogP contribution is 2.18. The lowest BCUT2D eigenvalue weighted by molar-refractivity contribution is -0.117. The Hall–Kier alpha value is -3.22. The van der Waals surface area contributed by atoms with Crippen molar-refractivity contribution in [3.63, 3.8) is 0 Å². The molecule has 0 aliphatic heterocycles. The van der Waals surface area contributed by atoms with Gasteiger partial charge in [-0.05, 0) is 41.3 Å². The van der Waals surface area contributed by atoms with Gasteiger partial charge >= 0.3 is 0 Å². The molecule has 0 aliphatic rings. The summed E-state index contributed by atoms with van der Waals surface area (Å²) in [6.07, 6.45) is 3.82. The molecule has 6 heteroatoms. The van der Waals surface area contributed by atoms with Crippen LogP contribution in [-0.2, 0) is 21.2 Å². The molecule has 3 rings (SSSR count). The Morgan fingerprint density at radius 1 is 0.903 bits per heavy atom. The van der Waals surface area contributed by atoms with Crippen LogP contribution in [-0.4, -0.2) is 20.9 Å². The van der Waals surface area contributed by atoms with Crippen molar-refractivity contribution in [2.45, 2.75) is 24.3 Å². The van der Waals surface area contributed by atoms with Crippen LogP contribution in [0.4, 0.5) is 0 Å². The number of benzene rings is 3. The summed E-state index contributed by atoms with van der Waals surface area (Å²) in [5, 5.41) is 3.07. The van der Waals surface area contributed by atoms with E-state index in [1.807, 2.05) is 60.7 Å². The van der Waals surface area contributed by atoms with Crippen LogP contribution in [0.15, 0.2) is 95.9 Å². The maximum atomic E-state index is 12.6. The summed E-state index contributed by atoms with van der Waals surface area (Å²) in [5.41, 5.74) is 2.91. The first-order chi connectivity index (χ1) is 15.0. The number of carbonyl (C=O) groups excluding carboxylic acids is 1. The van der Waals surface area contributed by atoms with E-state index in [-0.39, 0.29) is 16.8 Å². The highest BCUT2D eigenvalue weighted by atomic mass is 32.2. The first kappa shape index (κ1) is 22.5. The first-order valence-electron chi connectivity index (χ1n) is 10.1. The van der Waals surface area contributed by atoms with E-state index in [9.17, 15) is 13.2 Å². The van der Waals surface area contributed by atoms with Crippen molar-refractivity contribution in [3.05, 3.63) is 108 Å². The Kier molecular flexibility index (Phi) is 7.76. The third-order valence-electron chi connectivity index (χ3n) is 4.75. The van der Waals surface area contributed by atoms with Gasteiger partial charge in [-0.15, -0.1) is 0 Å². The highest BCUT2D eigenvalue weighted by molar-refractivity contribution is 7.89. The second-order valence-corrected chi connectivity index (χ2v) is 8.83. The normalized spacial score (nSPS) is 12.5. The molecule has 2 N–H and O–H groups in total. The molecule has 31 heavy (non-hydrogen) atoms. The zero-order chi connectivity index (χ0) is 22.1. The Balaban J connectivity index is 1.70. The summed E-state index contributed by atoms with van der Waals surface area (Å²) in [6.45, 7) is 2.06. The fourth-order valence-electron chi connectivity index (χ4n) is 3.21. The average Bonchev–Trinajstić information content (AvgIpc) is 2.79. The van der Waals surface area contributed by atoms with E-state index in [1.165, 1.54) is 18.2 Å². The minimum atomic E-state index is -3.49. The quantitative estimate of drug-likeness (QED) is 0.498. The van der Waals surface area contributed by atoms with Gasteiger partial charge in [-0.1, -0.05) is 79.7 Å². The number of hydrogen-bond acceptors (Lipinski definition) is 3. The Bertz CT molecular complexity index is 1110. The minimum Gasteiger partial charge on any atom is -0.345 e. The van der Waals surface area contributed by atoms with Crippen molar-refractivity contribution in [3.8, 4) is 0 Å².